The average molecular weight is 357 g/mol. The number of rotatable bonds is 7. The fourth-order valence-corrected chi connectivity index (χ4v) is 3.45. The van der Waals surface area contributed by atoms with Crippen LogP contribution in [0.5, 0.6) is 0 Å². The van der Waals surface area contributed by atoms with Crippen molar-refractivity contribution >= 4 is 11.5 Å². The van der Waals surface area contributed by atoms with E-state index in [1.165, 1.54) is 11.1 Å². The van der Waals surface area contributed by atoms with Gasteiger partial charge in [0.1, 0.15) is 0 Å². The Hall–Kier alpha value is -1.85. The van der Waals surface area contributed by atoms with E-state index in [1.807, 2.05) is 7.05 Å². The Morgan fingerprint density at radius 3 is 2.92 bits per heavy atom. The van der Waals surface area contributed by atoms with Gasteiger partial charge in [-0.25, -0.2) is 0 Å². The summed E-state index contributed by atoms with van der Waals surface area (Å²) in [4.78, 5) is 6.74. The Labute approximate surface area is 157 Å². The van der Waals surface area contributed by atoms with Crippen molar-refractivity contribution in [3.8, 4) is 0 Å². The van der Waals surface area contributed by atoms with Gasteiger partial charge in [0, 0.05) is 45.8 Å². The van der Waals surface area contributed by atoms with Crippen LogP contribution in [-0.4, -0.2) is 64.0 Å². The van der Waals surface area contributed by atoms with Crippen molar-refractivity contribution in [3.05, 3.63) is 42.0 Å². The molecule has 1 atom stereocenters. The molecule has 3 rings (SSSR count). The summed E-state index contributed by atoms with van der Waals surface area (Å²) in [7, 11) is 1.86. The zero-order chi connectivity index (χ0) is 18.0. The second-order valence-electron chi connectivity index (χ2n) is 6.92. The van der Waals surface area contributed by atoms with Crippen LogP contribution in [0.1, 0.15) is 24.8 Å². The summed E-state index contributed by atoms with van der Waals surface area (Å²) >= 11 is 0. The van der Waals surface area contributed by atoms with Gasteiger partial charge in [-0.05, 0) is 30.4 Å². The van der Waals surface area contributed by atoms with Crippen LogP contribution in [0, 0.1) is 5.92 Å². The number of hydrogen-bond donors (Lipinski definition) is 1. The van der Waals surface area contributed by atoms with Gasteiger partial charge in [0.15, 0.2) is 5.96 Å². The van der Waals surface area contributed by atoms with Gasteiger partial charge in [0.05, 0.1) is 13.2 Å². The van der Waals surface area contributed by atoms with E-state index in [1.54, 1.807) is 0 Å². The standard InChI is InChI=1S/C21H31N3O2/c1-22-21(23-11-5-14-25-16-18-10-15-26-17-18)24-12-8-20(9-13-24)19-6-3-2-4-7-19/h2-4,6-8,18H,5,9-17H2,1H3,(H,22,23). The first-order valence-corrected chi connectivity index (χ1v) is 9.72. The lowest BCUT2D eigenvalue weighted by Gasteiger charge is -2.29. The van der Waals surface area contributed by atoms with E-state index in [4.69, 9.17) is 9.47 Å². The fourth-order valence-electron chi connectivity index (χ4n) is 3.45. The number of nitrogens with one attached hydrogen (secondary N) is 1. The molecule has 2 heterocycles. The van der Waals surface area contributed by atoms with Crippen molar-refractivity contribution in [2.24, 2.45) is 10.9 Å². The van der Waals surface area contributed by atoms with Crippen molar-refractivity contribution in [2.75, 3.05) is 53.1 Å². The van der Waals surface area contributed by atoms with Crippen LogP contribution in [0.25, 0.3) is 5.57 Å². The van der Waals surface area contributed by atoms with Gasteiger partial charge >= 0.3 is 0 Å². The summed E-state index contributed by atoms with van der Waals surface area (Å²) in [5, 5.41) is 3.46. The Morgan fingerprint density at radius 2 is 2.23 bits per heavy atom. The van der Waals surface area contributed by atoms with E-state index < -0.39 is 0 Å². The molecule has 0 aliphatic carbocycles. The van der Waals surface area contributed by atoms with Crippen LogP contribution >= 0.6 is 0 Å². The number of guanidine groups is 1. The number of benzene rings is 1. The molecular formula is C21H31N3O2. The van der Waals surface area contributed by atoms with Crippen LogP contribution in [-0.2, 0) is 9.47 Å². The molecule has 0 spiro atoms. The molecule has 2 aliphatic heterocycles. The molecule has 5 nitrogen and oxygen atoms in total. The third-order valence-corrected chi connectivity index (χ3v) is 4.99. The second kappa shape index (κ2) is 10.3. The molecule has 0 bridgehead atoms. The van der Waals surface area contributed by atoms with Crippen molar-refractivity contribution in [2.45, 2.75) is 19.3 Å². The molecule has 142 valence electrons. The molecule has 2 aliphatic rings. The summed E-state index contributed by atoms with van der Waals surface area (Å²) in [5.41, 5.74) is 2.77. The van der Waals surface area contributed by atoms with E-state index in [0.29, 0.717) is 5.92 Å². The van der Waals surface area contributed by atoms with Crippen molar-refractivity contribution < 1.29 is 9.47 Å². The molecule has 1 saturated heterocycles. The molecule has 0 amide bonds. The normalized spacial score (nSPS) is 21.0. The van der Waals surface area contributed by atoms with Gasteiger partial charge in [-0.1, -0.05) is 36.4 Å². The minimum absolute atomic E-state index is 0.592. The Morgan fingerprint density at radius 1 is 1.35 bits per heavy atom. The average Bonchev–Trinajstić information content (AvgIpc) is 3.22. The second-order valence-corrected chi connectivity index (χ2v) is 6.92. The highest BCUT2D eigenvalue weighted by Gasteiger charge is 2.16. The van der Waals surface area contributed by atoms with E-state index >= 15 is 0 Å². The summed E-state index contributed by atoms with van der Waals surface area (Å²) in [6, 6.07) is 10.6. The Kier molecular flexibility index (Phi) is 7.52. The van der Waals surface area contributed by atoms with E-state index in [9.17, 15) is 0 Å². The van der Waals surface area contributed by atoms with Crippen molar-refractivity contribution in [1.29, 1.82) is 0 Å². The topological polar surface area (TPSA) is 46.1 Å². The van der Waals surface area contributed by atoms with Gasteiger partial charge < -0.3 is 19.7 Å². The molecular weight excluding hydrogens is 326 g/mol. The first-order valence-electron chi connectivity index (χ1n) is 9.72. The Bertz CT molecular complexity index is 595. The lowest BCUT2D eigenvalue weighted by Crippen LogP contribution is -2.43. The van der Waals surface area contributed by atoms with Crippen LogP contribution in [0.2, 0.25) is 0 Å². The molecule has 1 fully saturated rings. The third-order valence-electron chi connectivity index (χ3n) is 4.99. The maximum Gasteiger partial charge on any atom is 0.193 e. The minimum Gasteiger partial charge on any atom is -0.381 e. The Balaban J connectivity index is 1.35. The number of ether oxygens (including phenoxy) is 2. The number of hydrogen-bond acceptors (Lipinski definition) is 3. The van der Waals surface area contributed by atoms with Crippen LogP contribution in [0.4, 0.5) is 0 Å². The summed E-state index contributed by atoms with van der Waals surface area (Å²) < 4.78 is 11.1. The zero-order valence-corrected chi connectivity index (χ0v) is 15.8. The van der Waals surface area contributed by atoms with Crippen LogP contribution in [0.15, 0.2) is 41.4 Å². The number of nitrogens with zero attached hydrogens (tertiary/aromatic N) is 2. The first-order chi connectivity index (χ1) is 12.9. The van der Waals surface area contributed by atoms with E-state index in [2.05, 4.69) is 51.6 Å². The van der Waals surface area contributed by atoms with Gasteiger partial charge in [-0.15, -0.1) is 0 Å². The SMILES string of the molecule is CN=C(NCCCOCC1CCOC1)N1CC=C(c2ccccc2)CC1. The first kappa shape index (κ1) is 18.9. The molecule has 1 unspecified atom stereocenters. The highest BCUT2D eigenvalue weighted by molar-refractivity contribution is 5.81. The predicted octanol–water partition coefficient (Wildman–Crippen LogP) is 2.79. The molecule has 0 aromatic heterocycles. The summed E-state index contributed by atoms with van der Waals surface area (Å²) in [6.07, 6.45) is 5.50. The van der Waals surface area contributed by atoms with Gasteiger partial charge in [-0.2, -0.15) is 0 Å². The highest BCUT2D eigenvalue weighted by Crippen LogP contribution is 2.21. The predicted molar refractivity (Wildman–Crippen MR) is 106 cm³/mol. The number of aliphatic imine (C=N–C) groups is 1. The smallest absolute Gasteiger partial charge is 0.193 e. The van der Waals surface area contributed by atoms with Gasteiger partial charge in [-0.3, -0.25) is 4.99 Å². The molecule has 26 heavy (non-hydrogen) atoms. The lowest BCUT2D eigenvalue weighted by atomic mass is 10.00. The fraction of sp³-hybridized carbons (Fsp3) is 0.571. The molecule has 0 radical (unpaired) electrons. The maximum absolute atomic E-state index is 5.76. The van der Waals surface area contributed by atoms with Crippen molar-refractivity contribution in [1.82, 2.24) is 10.2 Å². The maximum atomic E-state index is 5.76. The highest BCUT2D eigenvalue weighted by atomic mass is 16.5. The van der Waals surface area contributed by atoms with E-state index in [0.717, 1.165) is 71.3 Å². The minimum atomic E-state index is 0.592. The molecule has 0 saturated carbocycles. The van der Waals surface area contributed by atoms with Crippen LogP contribution in [0.3, 0.4) is 0 Å². The quantitative estimate of drug-likeness (QED) is 0.463. The molecule has 1 aromatic carbocycles. The summed E-state index contributed by atoms with van der Waals surface area (Å²) in [5.74, 6) is 1.58. The lowest BCUT2D eigenvalue weighted by molar-refractivity contribution is 0.0887. The molecule has 1 N–H and O–H groups in total. The zero-order valence-electron chi connectivity index (χ0n) is 15.8. The van der Waals surface area contributed by atoms with Gasteiger partial charge in [0.2, 0.25) is 0 Å². The van der Waals surface area contributed by atoms with Crippen LogP contribution < -0.4 is 5.32 Å². The molecule has 1 aromatic rings. The summed E-state index contributed by atoms with van der Waals surface area (Å²) in [6.45, 7) is 6.16. The molecule has 5 heteroatoms. The largest absolute Gasteiger partial charge is 0.381 e. The third kappa shape index (κ3) is 5.58. The van der Waals surface area contributed by atoms with Crippen molar-refractivity contribution in [3.63, 3.8) is 0 Å². The van der Waals surface area contributed by atoms with Gasteiger partial charge in [0.25, 0.3) is 0 Å². The monoisotopic (exact) mass is 357 g/mol. The van der Waals surface area contributed by atoms with E-state index in [-0.39, 0.29) is 0 Å².